The van der Waals surface area contributed by atoms with Crippen LogP contribution in [0.4, 0.5) is 5.69 Å². The van der Waals surface area contributed by atoms with Crippen molar-refractivity contribution < 1.29 is 24.2 Å². The molecule has 1 aromatic carbocycles. The van der Waals surface area contributed by atoms with Crippen LogP contribution in [-0.4, -0.2) is 68.1 Å². The van der Waals surface area contributed by atoms with E-state index in [2.05, 4.69) is 12.0 Å². The maximum Gasteiger partial charge on any atom is 0.212 e. The van der Waals surface area contributed by atoms with E-state index in [1.54, 1.807) is 24.3 Å². The van der Waals surface area contributed by atoms with Crippen LogP contribution >= 0.6 is 0 Å². The van der Waals surface area contributed by atoms with E-state index < -0.39 is 6.10 Å². The fourth-order valence-electron chi connectivity index (χ4n) is 3.19. The van der Waals surface area contributed by atoms with Crippen LogP contribution in [0.3, 0.4) is 0 Å². The molecule has 1 fully saturated rings. The van der Waals surface area contributed by atoms with Gasteiger partial charge in [-0.3, -0.25) is 4.99 Å². The lowest BCUT2D eigenvalue weighted by atomic mass is 10.1. The molecule has 0 bridgehead atoms. The maximum atomic E-state index is 12.2. The molecule has 0 aliphatic carbocycles. The minimum absolute atomic E-state index is 0.0634. The summed E-state index contributed by atoms with van der Waals surface area (Å²) < 4.78 is 11.8. The molecule has 0 radical (unpaired) electrons. The lowest BCUT2D eigenvalue weighted by Gasteiger charge is -2.38. The molecule has 0 aromatic heterocycles. The second-order valence-electron chi connectivity index (χ2n) is 7.27. The molecule has 1 aliphatic rings. The third kappa shape index (κ3) is 7.32. The van der Waals surface area contributed by atoms with Crippen molar-refractivity contribution in [2.24, 2.45) is 4.99 Å². The first-order valence-corrected chi connectivity index (χ1v) is 9.60. The molecule has 1 aliphatic heterocycles. The van der Waals surface area contributed by atoms with E-state index in [0.29, 0.717) is 31.1 Å². The monoisotopic (exact) mass is 365 g/mol. The summed E-state index contributed by atoms with van der Waals surface area (Å²) in [7, 11) is 2.24. The van der Waals surface area contributed by atoms with Crippen molar-refractivity contribution in [2.75, 3.05) is 46.5 Å². The summed E-state index contributed by atoms with van der Waals surface area (Å²) in [6.45, 7) is 6.37. The molecule has 1 heterocycles. The average Bonchev–Trinajstić information content (AvgIpc) is 2.65. The summed E-state index contributed by atoms with van der Waals surface area (Å²) in [4.78, 5) is 4.19. The molecule has 1 aromatic rings. The Balaban J connectivity index is 1.78. The summed E-state index contributed by atoms with van der Waals surface area (Å²) in [6, 6.07) is 7.15. The quantitative estimate of drug-likeness (QED) is 0.273. The number of ether oxygens (including phenoxy) is 2. The number of aliphatic imine (C=N–C) groups is 1. The molecular formula is C20H33N2O4+. The van der Waals surface area contributed by atoms with Gasteiger partial charge in [0.2, 0.25) is 6.10 Å². The summed E-state index contributed by atoms with van der Waals surface area (Å²) in [5, 5.41) is 19.9. The van der Waals surface area contributed by atoms with Gasteiger partial charge in [0.1, 0.15) is 12.4 Å². The standard InChI is InChI=1S/C20H32N2O4/c1-3-25-15-18(23)16-26-19-9-7-17(8-10-19)21-20(24)11-14-22(2)12-5-4-6-13-22/h7-10,18,23H,3-6,11-16H2,1-2H3/p+1/t18-/m0/s1. The third-order valence-electron chi connectivity index (χ3n) is 4.83. The van der Waals surface area contributed by atoms with Crippen LogP contribution in [0, 0.1) is 0 Å². The van der Waals surface area contributed by atoms with Gasteiger partial charge in [0.05, 0.1) is 32.4 Å². The van der Waals surface area contributed by atoms with E-state index in [4.69, 9.17) is 14.6 Å². The molecule has 2 rings (SSSR count). The topological polar surface area (TPSA) is 76.8 Å². The van der Waals surface area contributed by atoms with Gasteiger partial charge in [-0.2, -0.15) is 0 Å². The molecule has 0 amide bonds. The molecule has 0 spiro atoms. The summed E-state index contributed by atoms with van der Waals surface area (Å²) in [5.41, 5.74) is 0.653. The van der Waals surface area contributed by atoms with Crippen molar-refractivity contribution in [3.05, 3.63) is 24.3 Å². The van der Waals surface area contributed by atoms with E-state index in [1.807, 2.05) is 6.92 Å². The Labute approximate surface area is 156 Å². The van der Waals surface area contributed by atoms with Gasteiger partial charge in [-0.05, 0) is 56.3 Å². The Morgan fingerprint density at radius 1 is 1.19 bits per heavy atom. The lowest BCUT2D eigenvalue weighted by molar-refractivity contribution is -0.913. The molecule has 0 unspecified atom stereocenters. The zero-order valence-electron chi connectivity index (χ0n) is 16.1. The second-order valence-corrected chi connectivity index (χ2v) is 7.27. The Morgan fingerprint density at radius 2 is 1.88 bits per heavy atom. The first kappa shape index (κ1) is 20.7. The van der Waals surface area contributed by atoms with Crippen LogP contribution < -0.4 is 9.84 Å². The number of likely N-dealkylation sites (tertiary alicyclic amines) is 1. The summed E-state index contributed by atoms with van der Waals surface area (Å²) >= 11 is 0. The van der Waals surface area contributed by atoms with Crippen LogP contribution in [0.5, 0.6) is 5.75 Å². The Kier molecular flexibility index (Phi) is 8.35. The van der Waals surface area contributed by atoms with Gasteiger partial charge in [-0.25, -0.2) is 0 Å². The number of quaternary nitrogens is 1. The summed E-state index contributed by atoms with van der Waals surface area (Å²) in [5.74, 6) is 0.614. The van der Waals surface area contributed by atoms with Crippen LogP contribution in [0.25, 0.3) is 0 Å². The van der Waals surface area contributed by atoms with Gasteiger partial charge in [-0.1, -0.05) is 0 Å². The molecule has 2 N–H and O–H groups in total. The Bertz CT molecular complexity index is 553. The van der Waals surface area contributed by atoms with E-state index in [9.17, 15) is 5.11 Å². The highest BCUT2D eigenvalue weighted by Gasteiger charge is 2.23. The van der Waals surface area contributed by atoms with E-state index >= 15 is 0 Å². The van der Waals surface area contributed by atoms with Gasteiger partial charge in [0, 0.05) is 13.0 Å². The van der Waals surface area contributed by atoms with Crippen molar-refractivity contribution >= 4 is 11.6 Å². The maximum absolute atomic E-state index is 12.2. The van der Waals surface area contributed by atoms with E-state index in [-0.39, 0.29) is 12.5 Å². The SMILES string of the molecule is CCOC[C@H]([OH2+])COc1ccc(N=C([O-])CC[N+]2(C)CCCCC2)cc1. The molecule has 6 nitrogen and oxygen atoms in total. The zero-order chi connectivity index (χ0) is 18.8. The number of hydrogen-bond donors (Lipinski definition) is 0. The van der Waals surface area contributed by atoms with Crippen molar-refractivity contribution in [1.82, 2.24) is 0 Å². The number of rotatable bonds is 10. The predicted molar refractivity (Wildman–Crippen MR) is 102 cm³/mol. The molecule has 1 saturated heterocycles. The molecule has 1 atom stereocenters. The largest absolute Gasteiger partial charge is 0.862 e. The zero-order valence-corrected chi connectivity index (χ0v) is 16.1. The highest BCUT2D eigenvalue weighted by Crippen LogP contribution is 2.20. The number of hydrogen-bond acceptors (Lipinski definition) is 4. The van der Waals surface area contributed by atoms with Crippen LogP contribution in [0.2, 0.25) is 0 Å². The molecule has 146 valence electrons. The lowest BCUT2D eigenvalue weighted by Crippen LogP contribution is -2.49. The number of piperidine rings is 1. The van der Waals surface area contributed by atoms with Crippen molar-refractivity contribution in [3.8, 4) is 5.75 Å². The number of benzene rings is 1. The summed E-state index contributed by atoms with van der Waals surface area (Å²) in [6.07, 6.45) is 3.92. The van der Waals surface area contributed by atoms with Crippen molar-refractivity contribution in [3.63, 3.8) is 0 Å². The van der Waals surface area contributed by atoms with Crippen LogP contribution in [0.1, 0.15) is 32.6 Å². The highest BCUT2D eigenvalue weighted by atomic mass is 16.5. The van der Waals surface area contributed by atoms with Gasteiger partial charge >= 0.3 is 0 Å². The first-order valence-electron chi connectivity index (χ1n) is 9.60. The van der Waals surface area contributed by atoms with E-state index in [0.717, 1.165) is 11.0 Å². The molecular weight excluding hydrogens is 332 g/mol. The van der Waals surface area contributed by atoms with Gasteiger partial charge in [-0.15, -0.1) is 0 Å². The Morgan fingerprint density at radius 3 is 2.54 bits per heavy atom. The Hall–Kier alpha value is -1.63. The first-order chi connectivity index (χ1) is 12.5. The predicted octanol–water partition coefficient (Wildman–Crippen LogP) is 1.61. The molecule has 6 heteroatoms. The average molecular weight is 365 g/mol. The van der Waals surface area contributed by atoms with Gasteiger partial charge in [0.15, 0.2) is 6.61 Å². The molecule has 26 heavy (non-hydrogen) atoms. The normalized spacial score (nSPS) is 18.5. The minimum atomic E-state index is -0.403. The van der Waals surface area contributed by atoms with Gasteiger partial charge in [0.25, 0.3) is 0 Å². The van der Waals surface area contributed by atoms with Crippen LogP contribution in [-0.2, 0) is 4.74 Å². The molecule has 0 saturated carbocycles. The smallest absolute Gasteiger partial charge is 0.212 e. The van der Waals surface area contributed by atoms with Crippen molar-refractivity contribution in [2.45, 2.75) is 38.7 Å². The highest BCUT2D eigenvalue weighted by molar-refractivity contribution is 5.75. The van der Waals surface area contributed by atoms with Crippen LogP contribution in [0.15, 0.2) is 29.3 Å². The minimum Gasteiger partial charge on any atom is -0.862 e. The third-order valence-corrected chi connectivity index (χ3v) is 4.83. The van der Waals surface area contributed by atoms with Gasteiger partial charge < -0.3 is 24.2 Å². The fourth-order valence-corrected chi connectivity index (χ4v) is 3.19. The van der Waals surface area contributed by atoms with Crippen molar-refractivity contribution in [1.29, 1.82) is 0 Å². The number of nitrogens with zero attached hydrogens (tertiary/aromatic N) is 2. The second kappa shape index (κ2) is 10.5. The van der Waals surface area contributed by atoms with E-state index in [1.165, 1.54) is 32.4 Å². The fraction of sp³-hybridized carbons (Fsp3) is 0.650.